The van der Waals surface area contributed by atoms with E-state index in [0.717, 1.165) is 18.5 Å². The maximum absolute atomic E-state index is 6.14. The molecule has 2 aromatic rings. The lowest BCUT2D eigenvalue weighted by Crippen LogP contribution is -1.94. The van der Waals surface area contributed by atoms with Crippen LogP contribution in [0.1, 0.15) is 30.0 Å². The minimum absolute atomic E-state index is 0.931. The number of benzene rings is 1. The highest BCUT2D eigenvalue weighted by atomic mass is 14.7. The predicted octanol–water partition coefficient (Wildman–Crippen LogP) is 3.32. The molecule has 0 aliphatic rings. The van der Waals surface area contributed by atoms with Crippen LogP contribution in [0.3, 0.4) is 0 Å². The van der Waals surface area contributed by atoms with E-state index >= 15 is 0 Å². The number of nitrogen functional groups attached to an aromatic ring is 1. The van der Waals surface area contributed by atoms with Gasteiger partial charge in [0.2, 0.25) is 0 Å². The van der Waals surface area contributed by atoms with Gasteiger partial charge in [0.15, 0.2) is 0 Å². The van der Waals surface area contributed by atoms with Crippen LogP contribution in [0.15, 0.2) is 12.3 Å². The molecule has 1 aromatic heterocycles. The summed E-state index contributed by atoms with van der Waals surface area (Å²) in [5.74, 6) is 0. The molecule has 2 heteroatoms. The van der Waals surface area contributed by atoms with E-state index in [2.05, 4.69) is 38.0 Å². The van der Waals surface area contributed by atoms with Crippen molar-refractivity contribution < 1.29 is 0 Å². The van der Waals surface area contributed by atoms with Gasteiger partial charge in [-0.25, -0.2) is 0 Å². The van der Waals surface area contributed by atoms with Crippen LogP contribution in [0.5, 0.6) is 0 Å². The van der Waals surface area contributed by atoms with Gasteiger partial charge in [0.25, 0.3) is 0 Å². The van der Waals surface area contributed by atoms with Crippen molar-refractivity contribution in [3.8, 4) is 0 Å². The van der Waals surface area contributed by atoms with Crippen molar-refractivity contribution in [3.05, 3.63) is 29.0 Å². The molecule has 0 aliphatic heterocycles. The van der Waals surface area contributed by atoms with Gasteiger partial charge in [0.05, 0.1) is 5.52 Å². The second-order valence-corrected chi connectivity index (χ2v) is 4.24. The van der Waals surface area contributed by atoms with E-state index < -0.39 is 0 Å². The fourth-order valence-electron chi connectivity index (χ4n) is 2.22. The van der Waals surface area contributed by atoms with Gasteiger partial charge in [-0.05, 0) is 37.0 Å². The second-order valence-electron chi connectivity index (χ2n) is 4.24. The Morgan fingerprint density at radius 2 is 2.00 bits per heavy atom. The molecule has 15 heavy (non-hydrogen) atoms. The van der Waals surface area contributed by atoms with Crippen LogP contribution in [0.4, 0.5) is 5.69 Å². The van der Waals surface area contributed by atoms with Gasteiger partial charge in [0, 0.05) is 17.3 Å². The molecule has 80 valence electrons. The number of aromatic amines is 1. The van der Waals surface area contributed by atoms with Crippen LogP contribution in [0.2, 0.25) is 0 Å². The highest BCUT2D eigenvalue weighted by Gasteiger charge is 2.10. The largest absolute Gasteiger partial charge is 0.398 e. The summed E-state index contributed by atoms with van der Waals surface area (Å²) in [6, 6.07) is 2.14. The molecular formula is C13H18N2. The maximum Gasteiger partial charge on any atom is 0.0507 e. The zero-order chi connectivity index (χ0) is 11.0. The van der Waals surface area contributed by atoms with Crippen LogP contribution < -0.4 is 5.73 Å². The lowest BCUT2D eigenvalue weighted by molar-refractivity contribution is 0.929. The minimum atomic E-state index is 0.931. The number of hydrogen-bond donors (Lipinski definition) is 2. The summed E-state index contributed by atoms with van der Waals surface area (Å²) in [4.78, 5) is 3.33. The molecule has 1 aromatic carbocycles. The maximum atomic E-state index is 6.14. The Bertz CT molecular complexity index is 495. The summed E-state index contributed by atoms with van der Waals surface area (Å²) in [5, 5.41) is 1.23. The van der Waals surface area contributed by atoms with E-state index in [9.17, 15) is 0 Å². The quantitative estimate of drug-likeness (QED) is 0.721. The fraction of sp³-hybridized carbons (Fsp3) is 0.385. The number of nitrogens with two attached hydrogens (primary N) is 1. The summed E-state index contributed by atoms with van der Waals surface area (Å²) < 4.78 is 0. The SMILES string of the molecule is CCCc1c[nH]c2c(C)cc(C)c(N)c12. The third-order valence-corrected chi connectivity index (χ3v) is 3.00. The Balaban J connectivity index is 2.77. The molecule has 0 radical (unpaired) electrons. The standard InChI is InChI=1S/C13H18N2/c1-4-5-10-7-15-13-9(3)6-8(2)12(14)11(10)13/h6-7,15H,4-5,14H2,1-3H3. The van der Waals surface area contributed by atoms with Crippen LogP contribution >= 0.6 is 0 Å². The molecule has 0 unspecified atom stereocenters. The van der Waals surface area contributed by atoms with Gasteiger partial charge in [-0.3, -0.25) is 0 Å². The average Bonchev–Trinajstić information content (AvgIpc) is 2.60. The molecule has 0 saturated carbocycles. The van der Waals surface area contributed by atoms with Crippen molar-refractivity contribution in [1.29, 1.82) is 0 Å². The molecule has 0 saturated heterocycles. The molecule has 2 rings (SSSR count). The summed E-state index contributed by atoms with van der Waals surface area (Å²) in [6.45, 7) is 6.39. The number of fused-ring (bicyclic) bond motifs is 1. The average molecular weight is 202 g/mol. The Labute approximate surface area is 90.5 Å². The van der Waals surface area contributed by atoms with Gasteiger partial charge < -0.3 is 10.7 Å². The predicted molar refractivity (Wildman–Crippen MR) is 66.2 cm³/mol. The molecule has 2 nitrogen and oxygen atoms in total. The zero-order valence-corrected chi connectivity index (χ0v) is 9.65. The Morgan fingerprint density at radius 3 is 2.67 bits per heavy atom. The molecule has 1 heterocycles. The summed E-state index contributed by atoms with van der Waals surface area (Å²) >= 11 is 0. The Hall–Kier alpha value is -1.44. The first-order chi connectivity index (χ1) is 7.15. The Morgan fingerprint density at radius 1 is 1.27 bits per heavy atom. The van der Waals surface area contributed by atoms with Gasteiger partial charge in [-0.1, -0.05) is 19.4 Å². The third-order valence-electron chi connectivity index (χ3n) is 3.00. The highest BCUT2D eigenvalue weighted by molar-refractivity contribution is 5.97. The van der Waals surface area contributed by atoms with E-state index in [0.29, 0.717) is 0 Å². The number of nitrogens with one attached hydrogen (secondary N) is 1. The van der Waals surface area contributed by atoms with Crippen molar-refractivity contribution in [3.63, 3.8) is 0 Å². The van der Waals surface area contributed by atoms with Crippen molar-refractivity contribution in [2.45, 2.75) is 33.6 Å². The molecule has 3 N–H and O–H groups in total. The van der Waals surface area contributed by atoms with Gasteiger partial charge in [-0.2, -0.15) is 0 Å². The van der Waals surface area contributed by atoms with Crippen molar-refractivity contribution in [2.75, 3.05) is 5.73 Å². The molecule has 0 amide bonds. The van der Waals surface area contributed by atoms with Crippen molar-refractivity contribution in [2.24, 2.45) is 0 Å². The molecule has 0 spiro atoms. The van der Waals surface area contributed by atoms with Crippen LogP contribution in [0.25, 0.3) is 10.9 Å². The number of aromatic nitrogens is 1. The zero-order valence-electron chi connectivity index (χ0n) is 9.65. The topological polar surface area (TPSA) is 41.8 Å². The number of rotatable bonds is 2. The lowest BCUT2D eigenvalue weighted by atomic mass is 10.0. The monoisotopic (exact) mass is 202 g/mol. The first-order valence-corrected chi connectivity index (χ1v) is 5.50. The van der Waals surface area contributed by atoms with Crippen LogP contribution in [-0.2, 0) is 6.42 Å². The number of aryl methyl sites for hydroxylation is 3. The Kier molecular flexibility index (Phi) is 2.43. The van der Waals surface area contributed by atoms with Crippen LogP contribution in [0, 0.1) is 13.8 Å². The van der Waals surface area contributed by atoms with Gasteiger partial charge in [0.1, 0.15) is 0 Å². The summed E-state index contributed by atoms with van der Waals surface area (Å²) in [5.41, 5.74) is 12.1. The van der Waals surface area contributed by atoms with Crippen LogP contribution in [-0.4, -0.2) is 4.98 Å². The summed E-state index contributed by atoms with van der Waals surface area (Å²) in [7, 11) is 0. The van der Waals surface area contributed by atoms with E-state index in [4.69, 9.17) is 5.73 Å². The van der Waals surface area contributed by atoms with Gasteiger partial charge >= 0.3 is 0 Å². The van der Waals surface area contributed by atoms with E-state index in [-0.39, 0.29) is 0 Å². The molecule has 0 aliphatic carbocycles. The normalized spacial score (nSPS) is 11.1. The highest BCUT2D eigenvalue weighted by Crippen LogP contribution is 2.30. The third kappa shape index (κ3) is 1.50. The second kappa shape index (κ2) is 3.61. The van der Waals surface area contributed by atoms with E-state index in [1.807, 2.05) is 0 Å². The first-order valence-electron chi connectivity index (χ1n) is 5.50. The molecular weight excluding hydrogens is 184 g/mol. The number of H-pyrrole nitrogens is 1. The first kappa shape index (κ1) is 10.1. The van der Waals surface area contributed by atoms with E-state index in [1.165, 1.54) is 27.6 Å². The van der Waals surface area contributed by atoms with E-state index in [1.54, 1.807) is 0 Å². The molecule has 0 atom stereocenters. The lowest BCUT2D eigenvalue weighted by Gasteiger charge is -2.06. The summed E-state index contributed by atoms with van der Waals surface area (Å²) in [6.07, 6.45) is 4.34. The smallest absolute Gasteiger partial charge is 0.0507 e. The van der Waals surface area contributed by atoms with Crippen molar-refractivity contribution >= 4 is 16.6 Å². The van der Waals surface area contributed by atoms with Gasteiger partial charge in [-0.15, -0.1) is 0 Å². The number of hydrogen-bond acceptors (Lipinski definition) is 1. The number of anilines is 1. The molecule has 0 fully saturated rings. The fourth-order valence-corrected chi connectivity index (χ4v) is 2.22. The van der Waals surface area contributed by atoms with Crippen molar-refractivity contribution in [1.82, 2.24) is 4.98 Å². The molecule has 0 bridgehead atoms. The minimum Gasteiger partial charge on any atom is -0.398 e.